The van der Waals surface area contributed by atoms with Gasteiger partial charge in [0.15, 0.2) is 0 Å². The van der Waals surface area contributed by atoms with Gasteiger partial charge in [-0.3, -0.25) is 14.9 Å². The first kappa shape index (κ1) is 15.0. The van der Waals surface area contributed by atoms with E-state index in [0.29, 0.717) is 31.9 Å². The number of hydrogen-bond donors (Lipinski definition) is 2. The molecular weight excluding hydrogens is 274 g/mol. The fraction of sp³-hybridized carbons (Fsp3) is 0.538. The molecule has 1 saturated heterocycles. The Hall–Kier alpha value is -2.38. The topological polar surface area (TPSA) is 114 Å². The molecule has 8 nitrogen and oxygen atoms in total. The molecule has 114 valence electrons. The van der Waals surface area contributed by atoms with Gasteiger partial charge in [-0.05, 0) is 26.3 Å². The number of nitrogens with zero attached hydrogens (tertiary/aromatic N) is 3. The number of nitrogens with two attached hydrogens (primary N) is 1. The molecule has 1 aliphatic rings. The smallest absolute Gasteiger partial charge is 0.311 e. The van der Waals surface area contributed by atoms with Crippen molar-refractivity contribution in [2.45, 2.75) is 20.3 Å². The number of carbonyl (C=O) groups excluding carboxylic acids is 1. The SMILES string of the molecule is CCNc1ccc([N+](=O)[O-])c(N2CCC(C)(C(N)=O)C2)n1. The van der Waals surface area contributed by atoms with Crippen molar-refractivity contribution in [3.05, 3.63) is 22.2 Å². The van der Waals surface area contributed by atoms with Crippen molar-refractivity contribution in [1.82, 2.24) is 4.98 Å². The van der Waals surface area contributed by atoms with Crippen LogP contribution >= 0.6 is 0 Å². The third-order valence-electron chi connectivity index (χ3n) is 3.78. The van der Waals surface area contributed by atoms with Crippen LogP contribution in [0.15, 0.2) is 12.1 Å². The van der Waals surface area contributed by atoms with Gasteiger partial charge in [-0.2, -0.15) is 0 Å². The number of rotatable bonds is 5. The second-order valence-corrected chi connectivity index (χ2v) is 5.42. The number of nitrogens with one attached hydrogen (secondary N) is 1. The van der Waals surface area contributed by atoms with Gasteiger partial charge < -0.3 is 16.0 Å². The molecule has 0 saturated carbocycles. The van der Waals surface area contributed by atoms with Crippen molar-refractivity contribution in [3.63, 3.8) is 0 Å². The van der Waals surface area contributed by atoms with E-state index in [1.54, 1.807) is 17.9 Å². The monoisotopic (exact) mass is 293 g/mol. The molecule has 1 atom stereocenters. The molecule has 0 aromatic carbocycles. The summed E-state index contributed by atoms with van der Waals surface area (Å²) in [6, 6.07) is 3.01. The molecule has 1 aromatic rings. The molecular formula is C13H19N5O3. The van der Waals surface area contributed by atoms with Crippen molar-refractivity contribution in [2.75, 3.05) is 29.9 Å². The summed E-state index contributed by atoms with van der Waals surface area (Å²) in [7, 11) is 0. The standard InChI is InChI=1S/C13H19N5O3/c1-3-15-10-5-4-9(18(20)21)11(16-10)17-7-6-13(2,8-17)12(14)19/h4-5H,3,6-8H2,1-2H3,(H2,14,19)(H,15,16). The quantitative estimate of drug-likeness (QED) is 0.621. The van der Waals surface area contributed by atoms with Crippen LogP contribution in [0.5, 0.6) is 0 Å². The Morgan fingerprint density at radius 2 is 2.33 bits per heavy atom. The molecule has 1 fully saturated rings. The van der Waals surface area contributed by atoms with E-state index in [1.807, 2.05) is 6.92 Å². The van der Waals surface area contributed by atoms with Crippen LogP contribution < -0.4 is 16.0 Å². The number of aromatic nitrogens is 1. The Morgan fingerprint density at radius 1 is 1.62 bits per heavy atom. The molecule has 1 aliphatic heterocycles. The number of hydrogen-bond acceptors (Lipinski definition) is 6. The van der Waals surface area contributed by atoms with Crippen molar-refractivity contribution in [3.8, 4) is 0 Å². The fourth-order valence-corrected chi connectivity index (χ4v) is 2.44. The Morgan fingerprint density at radius 3 is 2.86 bits per heavy atom. The normalized spacial score (nSPS) is 21.3. The van der Waals surface area contributed by atoms with E-state index in [1.165, 1.54) is 6.07 Å². The van der Waals surface area contributed by atoms with Crippen molar-refractivity contribution in [2.24, 2.45) is 11.1 Å². The molecule has 1 unspecified atom stereocenters. The summed E-state index contributed by atoms with van der Waals surface area (Å²) in [4.78, 5) is 28.3. The Labute approximate surface area is 122 Å². The first-order valence-electron chi connectivity index (χ1n) is 6.81. The van der Waals surface area contributed by atoms with Gasteiger partial charge in [0.2, 0.25) is 11.7 Å². The van der Waals surface area contributed by atoms with Crippen LogP contribution in [0.4, 0.5) is 17.3 Å². The zero-order valence-electron chi connectivity index (χ0n) is 12.1. The zero-order valence-corrected chi connectivity index (χ0v) is 12.1. The molecule has 1 amide bonds. The highest BCUT2D eigenvalue weighted by Crippen LogP contribution is 2.36. The van der Waals surface area contributed by atoms with Gasteiger partial charge in [0, 0.05) is 25.7 Å². The van der Waals surface area contributed by atoms with Gasteiger partial charge in [0.25, 0.3) is 0 Å². The summed E-state index contributed by atoms with van der Waals surface area (Å²) < 4.78 is 0. The van der Waals surface area contributed by atoms with Crippen LogP contribution in [-0.2, 0) is 4.79 Å². The number of anilines is 2. The molecule has 3 N–H and O–H groups in total. The van der Waals surface area contributed by atoms with Crippen molar-refractivity contribution in [1.29, 1.82) is 0 Å². The first-order valence-corrected chi connectivity index (χ1v) is 6.81. The average Bonchev–Trinajstić information content (AvgIpc) is 2.83. The predicted octanol–water partition coefficient (Wildman–Crippen LogP) is 1.12. The highest BCUT2D eigenvalue weighted by molar-refractivity contribution is 5.82. The molecule has 8 heteroatoms. The van der Waals surface area contributed by atoms with E-state index >= 15 is 0 Å². The second-order valence-electron chi connectivity index (χ2n) is 5.42. The first-order chi connectivity index (χ1) is 9.87. The summed E-state index contributed by atoms with van der Waals surface area (Å²) in [5.41, 5.74) is 4.67. The minimum atomic E-state index is -0.677. The third kappa shape index (κ3) is 2.88. The summed E-state index contributed by atoms with van der Waals surface area (Å²) in [6.45, 7) is 5.22. The lowest BCUT2D eigenvalue weighted by Gasteiger charge is -2.22. The molecule has 1 aromatic heterocycles. The highest BCUT2D eigenvalue weighted by Gasteiger charge is 2.41. The molecule has 0 spiro atoms. The van der Waals surface area contributed by atoms with Crippen LogP contribution in [0, 0.1) is 15.5 Å². The maximum Gasteiger partial charge on any atom is 0.311 e. The average molecular weight is 293 g/mol. The number of nitro groups is 1. The van der Waals surface area contributed by atoms with Crippen LogP contribution in [0.2, 0.25) is 0 Å². The zero-order chi connectivity index (χ0) is 15.6. The molecule has 0 radical (unpaired) electrons. The minimum absolute atomic E-state index is 0.0645. The van der Waals surface area contributed by atoms with Crippen LogP contribution in [-0.4, -0.2) is 35.4 Å². The molecule has 2 rings (SSSR count). The van der Waals surface area contributed by atoms with Gasteiger partial charge in [-0.25, -0.2) is 4.98 Å². The van der Waals surface area contributed by atoms with E-state index in [0.717, 1.165) is 0 Å². The van der Waals surface area contributed by atoms with Gasteiger partial charge in [-0.1, -0.05) is 0 Å². The Bertz CT molecular complexity index is 577. The van der Waals surface area contributed by atoms with Crippen LogP contribution in [0.25, 0.3) is 0 Å². The fourth-order valence-electron chi connectivity index (χ4n) is 2.44. The van der Waals surface area contributed by atoms with Gasteiger partial charge in [0.05, 0.1) is 10.3 Å². The van der Waals surface area contributed by atoms with Crippen LogP contribution in [0.1, 0.15) is 20.3 Å². The van der Waals surface area contributed by atoms with E-state index in [9.17, 15) is 14.9 Å². The number of carbonyl (C=O) groups is 1. The maximum absolute atomic E-state index is 11.5. The largest absolute Gasteiger partial charge is 0.370 e. The number of pyridine rings is 1. The number of primary amides is 1. The molecule has 2 heterocycles. The number of amides is 1. The molecule has 21 heavy (non-hydrogen) atoms. The van der Waals surface area contributed by atoms with Gasteiger partial charge in [-0.15, -0.1) is 0 Å². The van der Waals surface area contributed by atoms with Crippen molar-refractivity contribution >= 4 is 23.2 Å². The van der Waals surface area contributed by atoms with Gasteiger partial charge >= 0.3 is 5.69 Å². The maximum atomic E-state index is 11.5. The lowest BCUT2D eigenvalue weighted by Crippen LogP contribution is -2.37. The van der Waals surface area contributed by atoms with E-state index < -0.39 is 16.2 Å². The summed E-state index contributed by atoms with van der Waals surface area (Å²) in [5.74, 6) is 0.463. The Kier molecular flexibility index (Phi) is 3.97. The van der Waals surface area contributed by atoms with E-state index in [2.05, 4.69) is 10.3 Å². The summed E-state index contributed by atoms with van der Waals surface area (Å²) in [5, 5.41) is 14.2. The molecule has 0 aliphatic carbocycles. The minimum Gasteiger partial charge on any atom is -0.370 e. The lowest BCUT2D eigenvalue weighted by atomic mass is 9.89. The van der Waals surface area contributed by atoms with Crippen LogP contribution in [0.3, 0.4) is 0 Å². The van der Waals surface area contributed by atoms with E-state index in [-0.39, 0.29) is 11.5 Å². The second kappa shape index (κ2) is 5.55. The van der Waals surface area contributed by atoms with E-state index in [4.69, 9.17) is 5.73 Å². The Balaban J connectivity index is 2.36. The summed E-state index contributed by atoms with van der Waals surface area (Å²) >= 11 is 0. The predicted molar refractivity (Wildman–Crippen MR) is 79.2 cm³/mol. The van der Waals surface area contributed by atoms with Crippen molar-refractivity contribution < 1.29 is 9.72 Å². The molecule has 0 bridgehead atoms. The lowest BCUT2D eigenvalue weighted by molar-refractivity contribution is -0.384. The van der Waals surface area contributed by atoms with Gasteiger partial charge in [0.1, 0.15) is 5.82 Å². The highest BCUT2D eigenvalue weighted by atomic mass is 16.6. The summed E-state index contributed by atoms with van der Waals surface area (Å²) in [6.07, 6.45) is 0.562. The third-order valence-corrected chi connectivity index (χ3v) is 3.78.